The molecule has 7 nitrogen and oxygen atoms in total. The summed E-state index contributed by atoms with van der Waals surface area (Å²) in [5.74, 6) is -0.618. The molecule has 0 saturated carbocycles. The zero-order valence-electron chi connectivity index (χ0n) is 12.6. The van der Waals surface area contributed by atoms with Crippen LogP contribution in [-0.2, 0) is 9.59 Å². The van der Waals surface area contributed by atoms with Gasteiger partial charge in [0.15, 0.2) is 11.5 Å². The molecule has 2 rings (SSSR count). The van der Waals surface area contributed by atoms with Crippen molar-refractivity contribution in [2.45, 2.75) is 6.42 Å². The van der Waals surface area contributed by atoms with E-state index in [4.69, 9.17) is 14.6 Å². The predicted octanol–water partition coefficient (Wildman–Crippen LogP) is 2.21. The number of carboxylic acids is 1. The molecule has 8 heteroatoms. The van der Waals surface area contributed by atoms with E-state index in [-0.39, 0.29) is 17.9 Å². The van der Waals surface area contributed by atoms with E-state index in [1.165, 1.54) is 20.3 Å². The number of ether oxygens (including phenoxy) is 2. The Balaban J connectivity index is 2.29. The van der Waals surface area contributed by atoms with Gasteiger partial charge in [0.05, 0.1) is 25.5 Å². The van der Waals surface area contributed by atoms with Gasteiger partial charge in [0.2, 0.25) is 0 Å². The summed E-state index contributed by atoms with van der Waals surface area (Å²) in [6.07, 6.45) is 1.25. The molecule has 0 unspecified atom stereocenters. The predicted molar refractivity (Wildman–Crippen MR) is 84.5 cm³/mol. The summed E-state index contributed by atoms with van der Waals surface area (Å²) in [5, 5.41) is 8.19. The van der Waals surface area contributed by atoms with Crippen LogP contribution in [0.15, 0.2) is 23.1 Å². The van der Waals surface area contributed by atoms with Gasteiger partial charge in [-0.3, -0.25) is 19.3 Å². The summed E-state index contributed by atoms with van der Waals surface area (Å²) in [4.78, 5) is 35.8. The smallest absolute Gasteiger partial charge is 0.305 e. The highest BCUT2D eigenvalue weighted by atomic mass is 32.2. The molecule has 2 amide bonds. The highest BCUT2D eigenvalue weighted by Crippen LogP contribution is 2.37. The van der Waals surface area contributed by atoms with Crippen LogP contribution in [0, 0.1) is 0 Å². The second kappa shape index (κ2) is 7.19. The van der Waals surface area contributed by atoms with Crippen LogP contribution in [0.2, 0.25) is 0 Å². The molecule has 1 heterocycles. The Kier molecular flexibility index (Phi) is 5.28. The van der Waals surface area contributed by atoms with Crippen LogP contribution < -0.4 is 9.47 Å². The van der Waals surface area contributed by atoms with Gasteiger partial charge < -0.3 is 14.6 Å². The van der Waals surface area contributed by atoms with Crippen molar-refractivity contribution in [2.75, 3.05) is 20.8 Å². The lowest BCUT2D eigenvalue weighted by Crippen LogP contribution is -2.30. The molecule has 0 bridgehead atoms. The van der Waals surface area contributed by atoms with E-state index in [1.54, 1.807) is 18.2 Å². The van der Waals surface area contributed by atoms with E-state index < -0.39 is 17.1 Å². The lowest BCUT2D eigenvalue weighted by Gasteiger charge is -2.11. The van der Waals surface area contributed by atoms with Crippen molar-refractivity contribution in [1.29, 1.82) is 0 Å². The van der Waals surface area contributed by atoms with E-state index in [0.717, 1.165) is 16.7 Å². The molecule has 0 radical (unpaired) electrons. The Morgan fingerprint density at radius 1 is 1.30 bits per heavy atom. The molecule has 1 aromatic rings. The fraction of sp³-hybridized carbons (Fsp3) is 0.267. The molecule has 122 valence electrons. The zero-order chi connectivity index (χ0) is 17.0. The summed E-state index contributed by atoms with van der Waals surface area (Å²) in [5.41, 5.74) is 0.593. The topological polar surface area (TPSA) is 93.1 Å². The molecule has 0 atom stereocenters. The Morgan fingerprint density at radius 3 is 2.65 bits per heavy atom. The number of carbonyl (C=O) groups excluding carboxylic acids is 2. The number of hydrogen-bond donors (Lipinski definition) is 1. The molecule has 1 N–H and O–H groups in total. The number of carboxylic acid groups (broad SMARTS) is 1. The van der Waals surface area contributed by atoms with Crippen LogP contribution >= 0.6 is 11.8 Å². The van der Waals surface area contributed by atoms with Gasteiger partial charge in [-0.2, -0.15) is 0 Å². The average Bonchev–Trinajstić information content (AvgIpc) is 2.79. The number of rotatable bonds is 6. The van der Waals surface area contributed by atoms with Crippen LogP contribution in [0.5, 0.6) is 11.5 Å². The Labute approximate surface area is 136 Å². The molecule has 1 aliphatic rings. The van der Waals surface area contributed by atoms with E-state index in [9.17, 15) is 14.4 Å². The van der Waals surface area contributed by atoms with Crippen LogP contribution in [0.4, 0.5) is 4.79 Å². The molecule has 23 heavy (non-hydrogen) atoms. The summed E-state index contributed by atoms with van der Waals surface area (Å²) < 4.78 is 10.5. The summed E-state index contributed by atoms with van der Waals surface area (Å²) in [6.45, 7) is -0.146. The van der Waals surface area contributed by atoms with E-state index in [2.05, 4.69) is 0 Å². The van der Waals surface area contributed by atoms with Crippen molar-refractivity contribution >= 4 is 35.0 Å². The number of para-hydroxylation sites is 1. The summed E-state index contributed by atoms with van der Waals surface area (Å²) >= 11 is 0.770. The molecule has 0 aliphatic carbocycles. The van der Waals surface area contributed by atoms with Crippen molar-refractivity contribution < 1.29 is 29.0 Å². The lowest BCUT2D eigenvalue weighted by molar-refractivity contribution is -0.137. The van der Waals surface area contributed by atoms with Crippen molar-refractivity contribution in [3.8, 4) is 11.5 Å². The number of thioether (sulfide) groups is 1. The monoisotopic (exact) mass is 337 g/mol. The van der Waals surface area contributed by atoms with Gasteiger partial charge in [0.25, 0.3) is 11.1 Å². The minimum absolute atomic E-state index is 0.146. The normalized spacial score (nSPS) is 16.1. The molecule has 0 spiro atoms. The second-order valence-corrected chi connectivity index (χ2v) is 5.55. The minimum atomic E-state index is -1.07. The fourth-order valence-electron chi connectivity index (χ4n) is 2.07. The first-order chi connectivity index (χ1) is 11.0. The molecule has 1 aliphatic heterocycles. The van der Waals surface area contributed by atoms with Gasteiger partial charge in [0.1, 0.15) is 0 Å². The third kappa shape index (κ3) is 3.65. The van der Waals surface area contributed by atoms with E-state index in [0.29, 0.717) is 17.1 Å². The van der Waals surface area contributed by atoms with Gasteiger partial charge in [0, 0.05) is 12.1 Å². The fourth-order valence-corrected chi connectivity index (χ4v) is 2.92. The highest BCUT2D eigenvalue weighted by Gasteiger charge is 2.35. The van der Waals surface area contributed by atoms with E-state index >= 15 is 0 Å². The molecular weight excluding hydrogens is 322 g/mol. The number of amides is 2. The van der Waals surface area contributed by atoms with Crippen LogP contribution in [-0.4, -0.2) is 47.9 Å². The van der Waals surface area contributed by atoms with Crippen molar-refractivity contribution in [3.63, 3.8) is 0 Å². The Morgan fingerprint density at radius 2 is 2.04 bits per heavy atom. The maximum atomic E-state index is 12.2. The van der Waals surface area contributed by atoms with Gasteiger partial charge in [-0.25, -0.2) is 0 Å². The third-order valence-electron chi connectivity index (χ3n) is 3.14. The second-order valence-electron chi connectivity index (χ2n) is 4.56. The number of hydrogen-bond acceptors (Lipinski definition) is 6. The first-order valence-electron chi connectivity index (χ1n) is 6.66. The quantitative estimate of drug-likeness (QED) is 0.795. The SMILES string of the molecule is COc1cccc(/C=C2\SC(=O)N(CCC(=O)O)C2=O)c1OC. The molecule has 0 aromatic heterocycles. The first kappa shape index (κ1) is 16.9. The molecule has 1 fully saturated rings. The number of nitrogens with zero attached hydrogens (tertiary/aromatic N) is 1. The van der Waals surface area contributed by atoms with Gasteiger partial charge >= 0.3 is 5.97 Å². The number of imide groups is 1. The number of carbonyl (C=O) groups is 3. The van der Waals surface area contributed by atoms with Crippen molar-refractivity contribution in [3.05, 3.63) is 28.7 Å². The van der Waals surface area contributed by atoms with Gasteiger partial charge in [-0.05, 0) is 23.9 Å². The first-order valence-corrected chi connectivity index (χ1v) is 7.47. The molecule has 1 aromatic carbocycles. The van der Waals surface area contributed by atoms with Crippen molar-refractivity contribution in [1.82, 2.24) is 4.90 Å². The number of aliphatic carboxylic acids is 1. The average molecular weight is 337 g/mol. The molecule has 1 saturated heterocycles. The standard InChI is InChI=1S/C15H15NO6S/c1-21-10-5-3-4-9(13(10)22-2)8-11-14(19)16(15(20)23-11)7-6-12(17)18/h3-5,8H,6-7H2,1-2H3,(H,17,18)/b11-8-. The maximum absolute atomic E-state index is 12.2. The van der Waals surface area contributed by atoms with Gasteiger partial charge in [-0.1, -0.05) is 12.1 Å². The lowest BCUT2D eigenvalue weighted by atomic mass is 10.1. The van der Waals surface area contributed by atoms with Gasteiger partial charge in [-0.15, -0.1) is 0 Å². The largest absolute Gasteiger partial charge is 0.493 e. The summed E-state index contributed by atoms with van der Waals surface area (Å²) in [6, 6.07) is 5.18. The maximum Gasteiger partial charge on any atom is 0.305 e. The van der Waals surface area contributed by atoms with Crippen LogP contribution in [0.1, 0.15) is 12.0 Å². The summed E-state index contributed by atoms with van der Waals surface area (Å²) in [7, 11) is 2.98. The number of benzene rings is 1. The molecular formula is C15H15NO6S. The zero-order valence-corrected chi connectivity index (χ0v) is 13.4. The van der Waals surface area contributed by atoms with Crippen LogP contribution in [0.25, 0.3) is 6.08 Å². The Hall–Kier alpha value is -2.48. The van der Waals surface area contributed by atoms with E-state index in [1.807, 2.05) is 0 Å². The Bertz CT molecular complexity index is 685. The van der Waals surface area contributed by atoms with Crippen molar-refractivity contribution in [2.24, 2.45) is 0 Å². The van der Waals surface area contributed by atoms with Crippen LogP contribution in [0.3, 0.4) is 0 Å². The number of methoxy groups -OCH3 is 2. The third-order valence-corrected chi connectivity index (χ3v) is 4.05. The highest BCUT2D eigenvalue weighted by molar-refractivity contribution is 8.18. The minimum Gasteiger partial charge on any atom is -0.493 e.